The van der Waals surface area contributed by atoms with Gasteiger partial charge in [0, 0.05) is 12.2 Å². The van der Waals surface area contributed by atoms with Crippen LogP contribution in [-0.2, 0) is 9.53 Å². The molecule has 5 heteroatoms. The van der Waals surface area contributed by atoms with E-state index in [-0.39, 0.29) is 25.4 Å². The molecule has 0 spiro atoms. The standard InChI is InChI=1S/C13H17NO4/c1-18-13(17)11(7-8-15)14-9-12(16)10-5-3-2-4-6-10/h2-6,11,14-15H,7-9H2,1H3/t11-/m1/s1. The zero-order chi connectivity index (χ0) is 13.4. The maximum Gasteiger partial charge on any atom is 0.322 e. The van der Waals surface area contributed by atoms with Crippen molar-refractivity contribution in [1.82, 2.24) is 5.32 Å². The van der Waals surface area contributed by atoms with E-state index >= 15 is 0 Å². The molecule has 0 bridgehead atoms. The summed E-state index contributed by atoms with van der Waals surface area (Å²) in [7, 11) is 1.27. The van der Waals surface area contributed by atoms with Crippen molar-refractivity contribution in [3.63, 3.8) is 0 Å². The molecule has 1 atom stereocenters. The van der Waals surface area contributed by atoms with Crippen molar-refractivity contribution >= 4 is 11.8 Å². The molecule has 0 aromatic heterocycles. The van der Waals surface area contributed by atoms with Crippen LogP contribution >= 0.6 is 0 Å². The monoisotopic (exact) mass is 251 g/mol. The number of aliphatic hydroxyl groups excluding tert-OH is 1. The Balaban J connectivity index is 2.52. The lowest BCUT2D eigenvalue weighted by Gasteiger charge is -2.14. The van der Waals surface area contributed by atoms with Crippen LogP contribution in [-0.4, -0.2) is 43.2 Å². The Morgan fingerprint density at radius 3 is 2.56 bits per heavy atom. The number of rotatable bonds is 7. The molecular weight excluding hydrogens is 234 g/mol. The van der Waals surface area contributed by atoms with Gasteiger partial charge in [-0.05, 0) is 6.42 Å². The Morgan fingerprint density at radius 1 is 1.33 bits per heavy atom. The Morgan fingerprint density at radius 2 is 2.00 bits per heavy atom. The SMILES string of the molecule is COC(=O)[C@@H](CCO)NCC(=O)c1ccccc1. The van der Waals surface area contributed by atoms with Crippen molar-refractivity contribution < 1.29 is 19.4 Å². The highest BCUT2D eigenvalue weighted by Gasteiger charge is 2.19. The van der Waals surface area contributed by atoms with Crippen LogP contribution in [0.3, 0.4) is 0 Å². The summed E-state index contributed by atoms with van der Waals surface area (Å²) in [5.74, 6) is -0.590. The van der Waals surface area contributed by atoms with Gasteiger partial charge in [0.25, 0.3) is 0 Å². The zero-order valence-corrected chi connectivity index (χ0v) is 10.3. The van der Waals surface area contributed by atoms with Crippen LogP contribution in [0.25, 0.3) is 0 Å². The first-order valence-corrected chi connectivity index (χ1v) is 5.69. The molecule has 98 valence electrons. The number of nitrogens with one attached hydrogen (secondary N) is 1. The highest BCUT2D eigenvalue weighted by Crippen LogP contribution is 2.00. The summed E-state index contributed by atoms with van der Waals surface area (Å²) in [5, 5.41) is 11.6. The number of esters is 1. The molecule has 0 aliphatic carbocycles. The smallest absolute Gasteiger partial charge is 0.322 e. The molecular formula is C13H17NO4. The third-order valence-corrected chi connectivity index (χ3v) is 2.51. The maximum absolute atomic E-state index is 11.8. The van der Waals surface area contributed by atoms with Gasteiger partial charge in [-0.1, -0.05) is 30.3 Å². The van der Waals surface area contributed by atoms with Crippen molar-refractivity contribution in [3.05, 3.63) is 35.9 Å². The van der Waals surface area contributed by atoms with Crippen molar-refractivity contribution in [3.8, 4) is 0 Å². The summed E-state index contributed by atoms with van der Waals surface area (Å²) in [5.41, 5.74) is 0.581. The summed E-state index contributed by atoms with van der Waals surface area (Å²) in [6.45, 7) is -0.115. The van der Waals surface area contributed by atoms with Crippen molar-refractivity contribution in [2.75, 3.05) is 20.3 Å². The molecule has 0 amide bonds. The van der Waals surface area contributed by atoms with Crippen molar-refractivity contribution in [2.45, 2.75) is 12.5 Å². The number of benzene rings is 1. The van der Waals surface area contributed by atoms with E-state index in [0.717, 1.165) is 0 Å². The van der Waals surface area contributed by atoms with Gasteiger partial charge in [-0.3, -0.25) is 14.9 Å². The van der Waals surface area contributed by atoms with E-state index in [1.165, 1.54) is 7.11 Å². The second kappa shape index (κ2) is 7.58. The van der Waals surface area contributed by atoms with Gasteiger partial charge in [0.2, 0.25) is 0 Å². The van der Waals surface area contributed by atoms with E-state index in [4.69, 9.17) is 5.11 Å². The van der Waals surface area contributed by atoms with Crippen LogP contribution in [0.4, 0.5) is 0 Å². The Kier molecular flexibility index (Phi) is 6.04. The second-order valence-corrected chi connectivity index (χ2v) is 3.76. The van der Waals surface area contributed by atoms with E-state index in [1.54, 1.807) is 24.3 Å². The van der Waals surface area contributed by atoms with E-state index in [0.29, 0.717) is 5.56 Å². The summed E-state index contributed by atoms with van der Waals surface area (Å²) < 4.78 is 4.58. The van der Waals surface area contributed by atoms with Crippen molar-refractivity contribution in [2.24, 2.45) is 0 Å². The lowest BCUT2D eigenvalue weighted by Crippen LogP contribution is -2.41. The number of hydrogen-bond donors (Lipinski definition) is 2. The number of Topliss-reactive ketones (excluding diaryl/α,β-unsaturated/α-hetero) is 1. The molecule has 1 aromatic carbocycles. The average molecular weight is 251 g/mol. The summed E-state index contributed by atoms with van der Waals surface area (Å²) >= 11 is 0. The van der Waals surface area contributed by atoms with Gasteiger partial charge in [0.1, 0.15) is 6.04 Å². The summed E-state index contributed by atoms with van der Waals surface area (Å²) in [6, 6.07) is 8.14. The maximum atomic E-state index is 11.8. The summed E-state index contributed by atoms with van der Waals surface area (Å²) in [4.78, 5) is 23.1. The van der Waals surface area contributed by atoms with E-state index < -0.39 is 12.0 Å². The number of aliphatic hydroxyl groups is 1. The Bertz CT molecular complexity index is 391. The molecule has 0 saturated carbocycles. The van der Waals surface area contributed by atoms with Crippen LogP contribution in [0.15, 0.2) is 30.3 Å². The first-order chi connectivity index (χ1) is 8.69. The fraction of sp³-hybridized carbons (Fsp3) is 0.385. The average Bonchev–Trinajstić information content (AvgIpc) is 2.43. The van der Waals surface area contributed by atoms with Crippen LogP contribution < -0.4 is 5.32 Å². The minimum absolute atomic E-state index is 0.0315. The van der Waals surface area contributed by atoms with Crippen LogP contribution in [0, 0.1) is 0 Å². The van der Waals surface area contributed by atoms with Gasteiger partial charge in [-0.15, -0.1) is 0 Å². The number of ether oxygens (including phenoxy) is 1. The Labute approximate surface area is 106 Å². The topological polar surface area (TPSA) is 75.6 Å². The predicted molar refractivity (Wildman–Crippen MR) is 66.3 cm³/mol. The van der Waals surface area contributed by atoms with E-state index in [2.05, 4.69) is 10.1 Å². The normalized spacial score (nSPS) is 11.9. The number of carbonyl (C=O) groups excluding carboxylic acids is 2. The van der Waals surface area contributed by atoms with Gasteiger partial charge in [-0.2, -0.15) is 0 Å². The molecule has 0 unspecified atom stereocenters. The third-order valence-electron chi connectivity index (χ3n) is 2.51. The number of hydrogen-bond acceptors (Lipinski definition) is 5. The molecule has 0 fully saturated rings. The van der Waals surface area contributed by atoms with Crippen molar-refractivity contribution in [1.29, 1.82) is 0 Å². The molecule has 0 aliphatic heterocycles. The zero-order valence-electron chi connectivity index (χ0n) is 10.3. The molecule has 5 nitrogen and oxygen atoms in total. The van der Waals surface area contributed by atoms with Gasteiger partial charge < -0.3 is 9.84 Å². The third kappa shape index (κ3) is 4.27. The molecule has 0 saturated heterocycles. The number of ketones is 1. The summed E-state index contributed by atoms with van der Waals surface area (Å²) in [6.07, 6.45) is 0.217. The van der Waals surface area contributed by atoms with Crippen LogP contribution in [0.1, 0.15) is 16.8 Å². The minimum Gasteiger partial charge on any atom is -0.468 e. The van der Waals surface area contributed by atoms with Crippen LogP contribution in [0.2, 0.25) is 0 Å². The van der Waals surface area contributed by atoms with Gasteiger partial charge in [0.15, 0.2) is 5.78 Å². The van der Waals surface area contributed by atoms with E-state index in [9.17, 15) is 9.59 Å². The predicted octanol–water partition coefficient (Wildman–Crippen LogP) is 0.383. The highest BCUT2D eigenvalue weighted by atomic mass is 16.5. The number of carbonyl (C=O) groups is 2. The lowest BCUT2D eigenvalue weighted by atomic mass is 10.1. The molecule has 0 aliphatic rings. The first-order valence-electron chi connectivity index (χ1n) is 5.69. The molecule has 0 radical (unpaired) electrons. The van der Waals surface area contributed by atoms with Gasteiger partial charge in [-0.25, -0.2) is 0 Å². The van der Waals surface area contributed by atoms with E-state index in [1.807, 2.05) is 6.07 Å². The second-order valence-electron chi connectivity index (χ2n) is 3.76. The quantitative estimate of drug-likeness (QED) is 0.541. The fourth-order valence-electron chi connectivity index (χ4n) is 1.52. The molecule has 1 rings (SSSR count). The van der Waals surface area contributed by atoms with Crippen LogP contribution in [0.5, 0.6) is 0 Å². The molecule has 18 heavy (non-hydrogen) atoms. The molecule has 0 heterocycles. The Hall–Kier alpha value is -1.72. The van der Waals surface area contributed by atoms with Gasteiger partial charge in [0.05, 0.1) is 13.7 Å². The number of methoxy groups -OCH3 is 1. The highest BCUT2D eigenvalue weighted by molar-refractivity contribution is 5.97. The fourth-order valence-corrected chi connectivity index (χ4v) is 1.52. The lowest BCUT2D eigenvalue weighted by molar-refractivity contribution is -0.143. The minimum atomic E-state index is -0.660. The van der Waals surface area contributed by atoms with Gasteiger partial charge >= 0.3 is 5.97 Å². The first kappa shape index (κ1) is 14.3. The largest absolute Gasteiger partial charge is 0.468 e. The molecule has 2 N–H and O–H groups in total. The molecule has 1 aromatic rings.